The van der Waals surface area contributed by atoms with Gasteiger partial charge in [-0.1, -0.05) is 24.3 Å². The van der Waals surface area contributed by atoms with Gasteiger partial charge in [-0.3, -0.25) is 4.79 Å². The molecule has 0 saturated heterocycles. The van der Waals surface area contributed by atoms with Crippen molar-refractivity contribution in [3.63, 3.8) is 0 Å². The fourth-order valence-corrected chi connectivity index (χ4v) is 2.06. The third kappa shape index (κ3) is 3.40. The first-order valence-electron chi connectivity index (χ1n) is 6.00. The van der Waals surface area contributed by atoms with Gasteiger partial charge < -0.3 is 10.4 Å². The average molecular weight is 249 g/mol. The van der Waals surface area contributed by atoms with Crippen molar-refractivity contribution in [2.24, 2.45) is 5.92 Å². The maximum atomic E-state index is 12.7. The molecule has 0 fully saturated rings. The molecule has 1 aliphatic rings. The van der Waals surface area contributed by atoms with Gasteiger partial charge in [0.2, 0.25) is 5.91 Å². The molecule has 2 rings (SSSR count). The highest BCUT2D eigenvalue weighted by atomic mass is 19.1. The lowest BCUT2D eigenvalue weighted by molar-refractivity contribution is -0.120. The van der Waals surface area contributed by atoms with E-state index in [1.165, 1.54) is 12.1 Å². The lowest BCUT2D eigenvalue weighted by atomic mass is 10.1. The minimum Gasteiger partial charge on any atom is -0.396 e. The maximum absolute atomic E-state index is 12.7. The lowest BCUT2D eigenvalue weighted by Crippen LogP contribution is -2.34. The summed E-state index contributed by atoms with van der Waals surface area (Å²) in [5, 5.41) is 11.9. The van der Waals surface area contributed by atoms with Crippen LogP contribution >= 0.6 is 0 Å². The Morgan fingerprint density at radius 3 is 2.67 bits per heavy atom. The number of aliphatic hydroxyl groups excluding tert-OH is 1. The molecule has 2 atom stereocenters. The van der Waals surface area contributed by atoms with E-state index in [0.717, 1.165) is 12.0 Å². The fourth-order valence-electron chi connectivity index (χ4n) is 2.06. The van der Waals surface area contributed by atoms with Crippen LogP contribution in [0.3, 0.4) is 0 Å². The smallest absolute Gasteiger partial charge is 0.224 e. The van der Waals surface area contributed by atoms with Crippen LogP contribution in [-0.4, -0.2) is 23.7 Å². The molecule has 3 nitrogen and oxygen atoms in total. The van der Waals surface area contributed by atoms with Crippen LogP contribution in [0, 0.1) is 11.7 Å². The first-order chi connectivity index (χ1) is 8.67. The van der Waals surface area contributed by atoms with Crippen LogP contribution in [0.1, 0.15) is 12.0 Å². The molecule has 1 aliphatic carbocycles. The van der Waals surface area contributed by atoms with Crippen LogP contribution in [0.2, 0.25) is 0 Å². The topological polar surface area (TPSA) is 49.3 Å². The maximum Gasteiger partial charge on any atom is 0.224 e. The Kier molecular flexibility index (Phi) is 4.10. The number of hydrogen-bond acceptors (Lipinski definition) is 2. The van der Waals surface area contributed by atoms with Gasteiger partial charge in [0.1, 0.15) is 5.82 Å². The Labute approximate surface area is 105 Å². The number of amides is 1. The second-order valence-corrected chi connectivity index (χ2v) is 4.54. The zero-order chi connectivity index (χ0) is 13.0. The van der Waals surface area contributed by atoms with Gasteiger partial charge in [-0.15, -0.1) is 0 Å². The number of carbonyl (C=O) groups is 1. The van der Waals surface area contributed by atoms with Crippen LogP contribution in [0.5, 0.6) is 0 Å². The molecule has 1 aromatic rings. The molecule has 0 bridgehead atoms. The molecule has 0 heterocycles. The summed E-state index contributed by atoms with van der Waals surface area (Å²) >= 11 is 0. The van der Waals surface area contributed by atoms with E-state index in [4.69, 9.17) is 5.11 Å². The summed E-state index contributed by atoms with van der Waals surface area (Å²) < 4.78 is 12.7. The van der Waals surface area contributed by atoms with E-state index >= 15 is 0 Å². The van der Waals surface area contributed by atoms with E-state index in [1.807, 2.05) is 12.2 Å². The number of rotatable bonds is 4. The van der Waals surface area contributed by atoms with Crippen molar-refractivity contribution >= 4 is 5.91 Å². The number of nitrogens with one attached hydrogen (secondary N) is 1. The minimum absolute atomic E-state index is 0.00454. The summed E-state index contributed by atoms with van der Waals surface area (Å²) in [4.78, 5) is 11.7. The quantitative estimate of drug-likeness (QED) is 0.793. The Bertz CT molecular complexity index is 442. The molecule has 0 aromatic heterocycles. The van der Waals surface area contributed by atoms with Crippen molar-refractivity contribution in [1.82, 2.24) is 5.32 Å². The summed E-state index contributed by atoms with van der Waals surface area (Å²) in [5.41, 5.74) is 0.787. The third-order valence-corrected chi connectivity index (χ3v) is 3.03. The molecule has 1 aromatic carbocycles. The van der Waals surface area contributed by atoms with E-state index in [1.54, 1.807) is 12.1 Å². The molecule has 4 heteroatoms. The zero-order valence-corrected chi connectivity index (χ0v) is 9.97. The van der Waals surface area contributed by atoms with E-state index in [0.29, 0.717) is 0 Å². The number of benzene rings is 1. The molecule has 0 aliphatic heterocycles. The van der Waals surface area contributed by atoms with Crippen molar-refractivity contribution in [3.8, 4) is 0 Å². The minimum atomic E-state index is -0.302. The first kappa shape index (κ1) is 12.8. The van der Waals surface area contributed by atoms with Crippen molar-refractivity contribution in [3.05, 3.63) is 47.8 Å². The van der Waals surface area contributed by atoms with E-state index in [2.05, 4.69) is 5.32 Å². The summed E-state index contributed by atoms with van der Waals surface area (Å²) in [6, 6.07) is 5.90. The van der Waals surface area contributed by atoms with Crippen LogP contribution in [0.25, 0.3) is 0 Å². The Morgan fingerprint density at radius 2 is 2.06 bits per heavy atom. The molecule has 1 amide bonds. The van der Waals surface area contributed by atoms with Gasteiger partial charge in [0.25, 0.3) is 0 Å². The SMILES string of the molecule is O=C(Cc1ccc(F)cc1)N[C@@H]1C=C[C@H](CO)C1. The molecule has 2 N–H and O–H groups in total. The van der Waals surface area contributed by atoms with Crippen molar-refractivity contribution in [2.75, 3.05) is 6.61 Å². The van der Waals surface area contributed by atoms with Gasteiger partial charge in [-0.2, -0.15) is 0 Å². The molecule has 0 radical (unpaired) electrons. The fraction of sp³-hybridized carbons (Fsp3) is 0.357. The Balaban J connectivity index is 1.82. The molecule has 0 saturated carbocycles. The highest BCUT2D eigenvalue weighted by Crippen LogP contribution is 2.17. The van der Waals surface area contributed by atoms with E-state index < -0.39 is 0 Å². The predicted octanol–water partition coefficient (Wildman–Crippen LogP) is 1.42. The summed E-state index contributed by atoms with van der Waals surface area (Å²) in [6.45, 7) is 0.112. The number of carbonyl (C=O) groups excluding carboxylic acids is 1. The summed E-state index contributed by atoms with van der Waals surface area (Å²) in [6.07, 6.45) is 4.81. The molecule has 0 spiro atoms. The molecule has 96 valence electrons. The van der Waals surface area contributed by atoms with Crippen LogP contribution in [0.15, 0.2) is 36.4 Å². The summed E-state index contributed by atoms with van der Waals surface area (Å²) in [7, 11) is 0. The second kappa shape index (κ2) is 5.78. The van der Waals surface area contributed by atoms with E-state index in [9.17, 15) is 9.18 Å². The largest absolute Gasteiger partial charge is 0.396 e. The highest BCUT2D eigenvalue weighted by molar-refractivity contribution is 5.79. The van der Waals surface area contributed by atoms with Gasteiger partial charge in [-0.05, 0) is 24.1 Å². The average Bonchev–Trinajstić information content (AvgIpc) is 2.79. The van der Waals surface area contributed by atoms with Gasteiger partial charge >= 0.3 is 0 Å². The van der Waals surface area contributed by atoms with Gasteiger partial charge in [-0.25, -0.2) is 4.39 Å². The predicted molar refractivity (Wildman–Crippen MR) is 66.4 cm³/mol. The normalized spacial score (nSPS) is 22.1. The summed E-state index contributed by atoms with van der Waals surface area (Å²) in [5.74, 6) is -0.250. The molecular formula is C14H16FNO2. The Hall–Kier alpha value is -1.68. The number of aliphatic hydroxyl groups is 1. The first-order valence-corrected chi connectivity index (χ1v) is 6.00. The zero-order valence-electron chi connectivity index (χ0n) is 9.97. The van der Waals surface area contributed by atoms with Gasteiger partial charge in [0.15, 0.2) is 0 Å². The standard InChI is InChI=1S/C14H16FNO2/c15-12-4-1-10(2-5-12)8-14(18)16-13-6-3-11(7-13)9-17/h1-6,11,13,17H,7-9H2,(H,16,18)/t11-,13+/m0/s1. The monoisotopic (exact) mass is 249 g/mol. The van der Waals surface area contributed by atoms with Crippen molar-refractivity contribution in [1.29, 1.82) is 0 Å². The van der Waals surface area contributed by atoms with Crippen molar-refractivity contribution < 1.29 is 14.3 Å². The van der Waals surface area contributed by atoms with Crippen LogP contribution in [0.4, 0.5) is 4.39 Å². The second-order valence-electron chi connectivity index (χ2n) is 4.54. The van der Waals surface area contributed by atoms with E-state index in [-0.39, 0.29) is 36.7 Å². The Morgan fingerprint density at radius 1 is 1.33 bits per heavy atom. The lowest BCUT2D eigenvalue weighted by Gasteiger charge is -2.12. The van der Waals surface area contributed by atoms with Gasteiger partial charge in [0.05, 0.1) is 6.42 Å². The van der Waals surface area contributed by atoms with Gasteiger partial charge in [0, 0.05) is 18.6 Å². The molecule has 0 unspecified atom stereocenters. The third-order valence-electron chi connectivity index (χ3n) is 3.03. The van der Waals surface area contributed by atoms with Crippen molar-refractivity contribution in [2.45, 2.75) is 18.9 Å². The highest BCUT2D eigenvalue weighted by Gasteiger charge is 2.19. The molecular weight excluding hydrogens is 233 g/mol. The number of halogens is 1. The van der Waals surface area contributed by atoms with Crippen LogP contribution < -0.4 is 5.32 Å². The number of hydrogen-bond donors (Lipinski definition) is 2. The van der Waals surface area contributed by atoms with Crippen LogP contribution in [-0.2, 0) is 11.2 Å². The molecule has 18 heavy (non-hydrogen) atoms.